The minimum Gasteiger partial charge on any atom is -0.426 e. The van der Waals surface area contributed by atoms with Crippen molar-refractivity contribution in [1.29, 1.82) is 0 Å². The van der Waals surface area contributed by atoms with E-state index in [-0.39, 0.29) is 5.97 Å². The number of benzene rings is 2. The Balaban J connectivity index is 1.68. The zero-order valence-electron chi connectivity index (χ0n) is 15.0. The van der Waals surface area contributed by atoms with Crippen molar-refractivity contribution in [3.63, 3.8) is 0 Å². The van der Waals surface area contributed by atoms with Gasteiger partial charge < -0.3 is 9.15 Å². The molecule has 4 nitrogen and oxygen atoms in total. The van der Waals surface area contributed by atoms with Crippen molar-refractivity contribution in [2.24, 2.45) is 0 Å². The highest BCUT2D eigenvalue weighted by molar-refractivity contribution is 6.30. The fourth-order valence-electron chi connectivity index (χ4n) is 3.93. The minimum absolute atomic E-state index is 0.281. The van der Waals surface area contributed by atoms with Crippen molar-refractivity contribution >= 4 is 28.5 Å². The average Bonchev–Trinajstić information content (AvgIpc) is 3.13. The molecule has 1 aliphatic carbocycles. The molecule has 27 heavy (non-hydrogen) atoms. The Bertz CT molecular complexity index is 1060. The molecule has 1 saturated carbocycles. The Morgan fingerprint density at radius 2 is 1.78 bits per heavy atom. The molecule has 1 heterocycles. The van der Waals surface area contributed by atoms with E-state index in [0.29, 0.717) is 16.4 Å². The van der Waals surface area contributed by atoms with Gasteiger partial charge in [0.25, 0.3) is 0 Å². The number of hydrogen-bond donors (Lipinski definition) is 0. The molecule has 2 aromatic carbocycles. The van der Waals surface area contributed by atoms with E-state index in [1.165, 1.54) is 6.07 Å². The lowest BCUT2D eigenvalue weighted by molar-refractivity contribution is -0.140. The molecule has 0 bridgehead atoms. The summed E-state index contributed by atoms with van der Waals surface area (Å²) in [5.74, 6) is 0.0955. The molecule has 4 rings (SSSR count). The number of esters is 1. The largest absolute Gasteiger partial charge is 0.426 e. The van der Waals surface area contributed by atoms with Gasteiger partial charge in [-0.05, 0) is 55.2 Å². The normalized spacial score (nSPS) is 15.8. The van der Waals surface area contributed by atoms with Crippen LogP contribution in [-0.4, -0.2) is 5.97 Å². The first kappa shape index (κ1) is 17.8. The van der Waals surface area contributed by atoms with Gasteiger partial charge in [0.15, 0.2) is 0 Å². The Morgan fingerprint density at radius 1 is 1.07 bits per heavy atom. The zero-order chi connectivity index (χ0) is 19.0. The number of fused-ring (bicyclic) bond motifs is 1. The smallest absolute Gasteiger partial charge is 0.336 e. The number of ether oxygens (including phenoxy) is 1. The number of rotatable bonds is 3. The number of aryl methyl sites for hydroxylation is 1. The molecule has 0 radical (unpaired) electrons. The molecule has 138 valence electrons. The Morgan fingerprint density at radius 3 is 2.48 bits per heavy atom. The number of carbonyl (C=O) groups is 1. The highest BCUT2D eigenvalue weighted by Crippen LogP contribution is 2.42. The van der Waals surface area contributed by atoms with Gasteiger partial charge in [-0.25, -0.2) is 4.79 Å². The van der Waals surface area contributed by atoms with Gasteiger partial charge >= 0.3 is 11.6 Å². The lowest BCUT2D eigenvalue weighted by atomic mass is 9.79. The molecule has 1 aromatic heterocycles. The fourth-order valence-corrected chi connectivity index (χ4v) is 4.06. The van der Waals surface area contributed by atoms with Crippen LogP contribution in [0.25, 0.3) is 11.0 Å². The van der Waals surface area contributed by atoms with Gasteiger partial charge in [0.2, 0.25) is 0 Å². The van der Waals surface area contributed by atoms with E-state index < -0.39 is 11.0 Å². The van der Waals surface area contributed by atoms with Gasteiger partial charge in [0.1, 0.15) is 11.3 Å². The monoisotopic (exact) mass is 382 g/mol. The molecule has 3 aromatic rings. The maximum atomic E-state index is 13.1. The number of carbonyl (C=O) groups excluding carboxylic acids is 1. The van der Waals surface area contributed by atoms with Crippen molar-refractivity contribution in [1.82, 2.24) is 0 Å². The molecular weight excluding hydrogens is 364 g/mol. The van der Waals surface area contributed by atoms with Gasteiger partial charge in [-0.2, -0.15) is 0 Å². The van der Waals surface area contributed by atoms with Crippen molar-refractivity contribution in [2.75, 3.05) is 0 Å². The molecule has 0 spiro atoms. The van der Waals surface area contributed by atoms with Crippen LogP contribution in [0.3, 0.4) is 0 Å². The van der Waals surface area contributed by atoms with E-state index in [1.807, 2.05) is 19.1 Å². The van der Waals surface area contributed by atoms with Crippen LogP contribution in [0.1, 0.15) is 36.8 Å². The predicted octanol–water partition coefficient (Wildman–Crippen LogP) is 5.17. The van der Waals surface area contributed by atoms with Crippen LogP contribution >= 0.6 is 11.6 Å². The van der Waals surface area contributed by atoms with Crippen LogP contribution in [-0.2, 0) is 10.2 Å². The first-order chi connectivity index (χ1) is 13.0. The van der Waals surface area contributed by atoms with E-state index in [0.717, 1.165) is 42.2 Å². The SMILES string of the molecule is Cc1cc(=O)oc2cc(OC(=O)C3(c4ccc(Cl)cc4)CCCC3)ccc12. The van der Waals surface area contributed by atoms with Crippen LogP contribution in [0.4, 0.5) is 0 Å². The van der Waals surface area contributed by atoms with E-state index in [1.54, 1.807) is 30.3 Å². The molecule has 0 saturated heterocycles. The summed E-state index contributed by atoms with van der Waals surface area (Å²) < 4.78 is 11.0. The van der Waals surface area contributed by atoms with Crippen molar-refractivity contribution in [3.05, 3.63) is 75.1 Å². The summed E-state index contributed by atoms with van der Waals surface area (Å²) in [6, 6.07) is 14.0. The third kappa shape index (κ3) is 3.26. The van der Waals surface area contributed by atoms with E-state index in [2.05, 4.69) is 0 Å². The van der Waals surface area contributed by atoms with E-state index in [4.69, 9.17) is 20.8 Å². The van der Waals surface area contributed by atoms with Gasteiger partial charge in [0, 0.05) is 22.5 Å². The molecule has 0 aliphatic heterocycles. The van der Waals surface area contributed by atoms with Gasteiger partial charge in [-0.15, -0.1) is 0 Å². The lowest BCUT2D eigenvalue weighted by Crippen LogP contribution is -2.36. The van der Waals surface area contributed by atoms with Crippen molar-refractivity contribution in [2.45, 2.75) is 38.0 Å². The van der Waals surface area contributed by atoms with Gasteiger partial charge in [0.05, 0.1) is 5.41 Å². The van der Waals surface area contributed by atoms with Crippen LogP contribution in [0.15, 0.2) is 57.7 Å². The van der Waals surface area contributed by atoms with E-state index >= 15 is 0 Å². The molecule has 0 amide bonds. The highest BCUT2D eigenvalue weighted by Gasteiger charge is 2.44. The quantitative estimate of drug-likeness (QED) is 0.356. The van der Waals surface area contributed by atoms with Crippen LogP contribution < -0.4 is 10.4 Å². The Labute approximate surface area is 161 Å². The summed E-state index contributed by atoms with van der Waals surface area (Å²) in [5.41, 5.74) is 1.09. The predicted molar refractivity (Wildman–Crippen MR) is 104 cm³/mol. The standard InChI is InChI=1S/C22H19ClO4/c1-14-12-20(24)27-19-13-17(8-9-18(14)19)26-21(25)22(10-2-3-11-22)15-4-6-16(23)7-5-15/h4-9,12-13H,2-3,10-11H2,1H3. The second-order valence-electron chi connectivity index (χ2n) is 7.09. The van der Waals surface area contributed by atoms with Crippen LogP contribution in [0, 0.1) is 6.92 Å². The fraction of sp³-hybridized carbons (Fsp3) is 0.273. The lowest BCUT2D eigenvalue weighted by Gasteiger charge is -2.27. The summed E-state index contributed by atoms with van der Waals surface area (Å²) in [7, 11) is 0. The van der Waals surface area contributed by atoms with Gasteiger partial charge in [-0.3, -0.25) is 4.79 Å². The summed E-state index contributed by atoms with van der Waals surface area (Å²) >= 11 is 6.00. The molecular formula is C22H19ClO4. The molecule has 0 unspecified atom stereocenters. The summed E-state index contributed by atoms with van der Waals surface area (Å²) in [4.78, 5) is 24.8. The number of halogens is 1. The Kier molecular flexibility index (Phi) is 4.52. The molecule has 5 heteroatoms. The second kappa shape index (κ2) is 6.86. The molecule has 0 atom stereocenters. The summed E-state index contributed by atoms with van der Waals surface area (Å²) in [6.07, 6.45) is 3.44. The summed E-state index contributed by atoms with van der Waals surface area (Å²) in [6.45, 7) is 1.85. The third-order valence-corrected chi connectivity index (χ3v) is 5.63. The van der Waals surface area contributed by atoms with E-state index in [9.17, 15) is 9.59 Å². The maximum Gasteiger partial charge on any atom is 0.336 e. The maximum absolute atomic E-state index is 13.1. The minimum atomic E-state index is -0.660. The summed E-state index contributed by atoms with van der Waals surface area (Å²) in [5, 5.41) is 1.46. The third-order valence-electron chi connectivity index (χ3n) is 5.38. The van der Waals surface area contributed by atoms with Gasteiger partial charge in [-0.1, -0.05) is 36.6 Å². The first-order valence-corrected chi connectivity index (χ1v) is 9.39. The number of hydrogen-bond acceptors (Lipinski definition) is 4. The van der Waals surface area contributed by atoms with Crippen molar-refractivity contribution in [3.8, 4) is 5.75 Å². The van der Waals surface area contributed by atoms with Crippen LogP contribution in [0.5, 0.6) is 5.75 Å². The topological polar surface area (TPSA) is 56.5 Å². The molecule has 1 aliphatic rings. The average molecular weight is 383 g/mol. The highest BCUT2D eigenvalue weighted by atomic mass is 35.5. The second-order valence-corrected chi connectivity index (χ2v) is 7.53. The molecule has 1 fully saturated rings. The zero-order valence-corrected chi connectivity index (χ0v) is 15.7. The van der Waals surface area contributed by atoms with Crippen molar-refractivity contribution < 1.29 is 13.9 Å². The Hall–Kier alpha value is -2.59. The van der Waals surface area contributed by atoms with Crippen LogP contribution in [0.2, 0.25) is 5.02 Å². The first-order valence-electron chi connectivity index (χ1n) is 9.01. The molecule has 0 N–H and O–H groups in total.